The first-order valence-corrected chi connectivity index (χ1v) is 16.5. The summed E-state index contributed by atoms with van der Waals surface area (Å²) in [5.74, 6) is -2.09. The summed E-state index contributed by atoms with van der Waals surface area (Å²) < 4.78 is 2.28. The molecule has 25 heavy (non-hydrogen) atoms. The summed E-state index contributed by atoms with van der Waals surface area (Å²) in [6.45, 7) is 4.39. The molecule has 0 aromatic carbocycles. The van der Waals surface area contributed by atoms with Crippen LogP contribution in [0.2, 0.25) is 8.87 Å². The van der Waals surface area contributed by atoms with Crippen molar-refractivity contribution in [3.8, 4) is 0 Å². The van der Waals surface area contributed by atoms with E-state index in [0.29, 0.717) is 0 Å². The Balaban J connectivity index is 4.48. The molecule has 0 saturated heterocycles. The second kappa shape index (κ2) is 16.9. The van der Waals surface area contributed by atoms with Crippen molar-refractivity contribution in [2.75, 3.05) is 0 Å². The van der Waals surface area contributed by atoms with E-state index in [1.165, 1.54) is 51.4 Å². The molecule has 4 nitrogen and oxygen atoms in total. The number of carboxylic acid groups (broad SMARTS) is 2. The van der Waals surface area contributed by atoms with Gasteiger partial charge in [0, 0.05) is 0 Å². The van der Waals surface area contributed by atoms with Gasteiger partial charge in [-0.2, -0.15) is 0 Å². The molecule has 0 unspecified atom stereocenters. The molecule has 0 aliphatic rings. The summed E-state index contributed by atoms with van der Waals surface area (Å²) >= 11 is -2.50. The normalized spacial score (nSPS) is 11.9. The maximum atomic E-state index is 11.5. The van der Waals surface area contributed by atoms with Crippen molar-refractivity contribution in [3.63, 3.8) is 0 Å². The van der Waals surface area contributed by atoms with Crippen LogP contribution in [-0.4, -0.2) is 41.9 Å². The Bertz CT molecular complexity index is 377. The van der Waals surface area contributed by atoms with Gasteiger partial charge in [-0.1, -0.05) is 0 Å². The average molecular weight is 461 g/mol. The molecule has 0 rings (SSSR count). The third-order valence-electron chi connectivity index (χ3n) is 4.78. The van der Waals surface area contributed by atoms with Crippen LogP contribution in [-0.2, 0) is 9.59 Å². The number of carbonyl (C=O) groups is 2. The van der Waals surface area contributed by atoms with E-state index in [2.05, 4.69) is 13.8 Å². The SMILES string of the molecule is CCCCCCC[CH2][SnH]([CH2]CCCCCCC)/[C](=C/C(=O)O)C(=O)O. The van der Waals surface area contributed by atoms with Gasteiger partial charge >= 0.3 is 161 Å². The molecule has 0 aliphatic heterocycles. The van der Waals surface area contributed by atoms with E-state index in [1.54, 1.807) is 0 Å². The van der Waals surface area contributed by atoms with Gasteiger partial charge in [0.15, 0.2) is 0 Å². The van der Waals surface area contributed by atoms with Gasteiger partial charge in [0.2, 0.25) is 0 Å². The minimum absolute atomic E-state index is 0.288. The predicted molar refractivity (Wildman–Crippen MR) is 107 cm³/mol. The van der Waals surface area contributed by atoms with E-state index >= 15 is 0 Å². The number of carboxylic acids is 2. The quantitative estimate of drug-likeness (QED) is 0.169. The molecular formula is C20H38O4Sn. The van der Waals surface area contributed by atoms with Gasteiger partial charge in [0.25, 0.3) is 0 Å². The summed E-state index contributed by atoms with van der Waals surface area (Å²) in [5, 5.41) is 18.5. The van der Waals surface area contributed by atoms with E-state index in [0.717, 1.165) is 40.6 Å². The Morgan fingerprint density at radius 3 is 1.48 bits per heavy atom. The zero-order chi connectivity index (χ0) is 18.9. The number of aliphatic carboxylic acids is 2. The van der Waals surface area contributed by atoms with Crippen LogP contribution >= 0.6 is 0 Å². The summed E-state index contributed by atoms with van der Waals surface area (Å²) in [6.07, 6.45) is 15.4. The zero-order valence-electron chi connectivity index (χ0n) is 16.3. The van der Waals surface area contributed by atoms with Crippen molar-refractivity contribution in [1.29, 1.82) is 0 Å². The zero-order valence-corrected chi connectivity index (χ0v) is 19.6. The molecule has 0 atom stereocenters. The fraction of sp³-hybridized carbons (Fsp3) is 0.800. The van der Waals surface area contributed by atoms with Gasteiger partial charge in [0.1, 0.15) is 0 Å². The van der Waals surface area contributed by atoms with E-state index in [9.17, 15) is 14.7 Å². The monoisotopic (exact) mass is 462 g/mol. The molecule has 0 radical (unpaired) electrons. The predicted octanol–water partition coefficient (Wildman–Crippen LogP) is 5.57. The Hall–Kier alpha value is -0.521. The Morgan fingerprint density at radius 1 is 0.720 bits per heavy atom. The first-order valence-electron chi connectivity index (χ1n) is 10.2. The van der Waals surface area contributed by atoms with Gasteiger partial charge in [-0.3, -0.25) is 0 Å². The Labute approximate surface area is 160 Å². The van der Waals surface area contributed by atoms with Crippen molar-refractivity contribution in [1.82, 2.24) is 0 Å². The van der Waals surface area contributed by atoms with Crippen LogP contribution in [0.1, 0.15) is 90.9 Å². The number of hydrogen-bond donors (Lipinski definition) is 2. The second-order valence-corrected chi connectivity index (χ2v) is 16.1. The van der Waals surface area contributed by atoms with Gasteiger partial charge in [0.05, 0.1) is 0 Å². The average Bonchev–Trinajstić information content (AvgIpc) is 2.56. The maximum absolute atomic E-state index is 11.5. The van der Waals surface area contributed by atoms with Gasteiger partial charge < -0.3 is 0 Å². The number of rotatable bonds is 17. The topological polar surface area (TPSA) is 74.6 Å². The number of unbranched alkanes of at least 4 members (excludes halogenated alkanes) is 10. The van der Waals surface area contributed by atoms with Crippen molar-refractivity contribution in [2.24, 2.45) is 0 Å². The van der Waals surface area contributed by atoms with Crippen molar-refractivity contribution < 1.29 is 19.8 Å². The molecule has 0 aromatic heterocycles. The minimum atomic E-state index is -2.50. The van der Waals surface area contributed by atoms with Gasteiger partial charge in [-0.15, -0.1) is 0 Å². The summed E-state index contributed by atoms with van der Waals surface area (Å²) in [6, 6.07) is 0. The van der Waals surface area contributed by atoms with Crippen molar-refractivity contribution >= 4 is 31.7 Å². The van der Waals surface area contributed by atoms with Crippen LogP contribution in [0.15, 0.2) is 9.67 Å². The Kier molecular flexibility index (Phi) is 16.6. The molecular weight excluding hydrogens is 423 g/mol. The summed E-state index contributed by atoms with van der Waals surface area (Å²) in [4.78, 5) is 22.6. The number of hydrogen-bond acceptors (Lipinski definition) is 2. The van der Waals surface area contributed by atoms with Crippen LogP contribution in [0, 0.1) is 0 Å². The van der Waals surface area contributed by atoms with Crippen LogP contribution in [0.5, 0.6) is 0 Å². The van der Waals surface area contributed by atoms with E-state index in [-0.39, 0.29) is 3.59 Å². The van der Waals surface area contributed by atoms with E-state index in [1.807, 2.05) is 0 Å². The fourth-order valence-electron chi connectivity index (χ4n) is 3.28. The van der Waals surface area contributed by atoms with Crippen LogP contribution in [0.3, 0.4) is 0 Å². The molecule has 0 saturated carbocycles. The van der Waals surface area contributed by atoms with Crippen molar-refractivity contribution in [3.05, 3.63) is 9.67 Å². The molecule has 5 heteroatoms. The molecule has 0 heterocycles. The Morgan fingerprint density at radius 2 is 1.12 bits per heavy atom. The molecule has 0 fully saturated rings. The van der Waals surface area contributed by atoms with Crippen LogP contribution in [0.4, 0.5) is 0 Å². The van der Waals surface area contributed by atoms with Gasteiger partial charge in [-0.25, -0.2) is 0 Å². The summed E-state index contributed by atoms with van der Waals surface area (Å²) in [5.41, 5.74) is 0. The first kappa shape index (κ1) is 24.5. The third kappa shape index (κ3) is 14.3. The van der Waals surface area contributed by atoms with Crippen LogP contribution in [0.25, 0.3) is 0 Å². The van der Waals surface area contributed by atoms with Crippen molar-refractivity contribution in [2.45, 2.75) is 99.8 Å². The molecule has 0 aromatic rings. The second-order valence-electron chi connectivity index (χ2n) is 7.05. The third-order valence-corrected chi connectivity index (χ3v) is 14.8. The fourth-order valence-corrected chi connectivity index (χ4v) is 12.4. The van der Waals surface area contributed by atoms with Gasteiger partial charge in [-0.05, 0) is 0 Å². The van der Waals surface area contributed by atoms with E-state index < -0.39 is 31.7 Å². The van der Waals surface area contributed by atoms with E-state index in [4.69, 9.17) is 5.11 Å². The first-order chi connectivity index (χ1) is 12.0. The molecule has 0 aliphatic carbocycles. The van der Waals surface area contributed by atoms with Crippen LogP contribution < -0.4 is 0 Å². The molecule has 0 bridgehead atoms. The molecule has 0 spiro atoms. The summed E-state index contributed by atoms with van der Waals surface area (Å²) in [7, 11) is 0. The standard InChI is InChI=1S/2C8H17.C4H3O4.Sn.H/c2*1-3-5-7-8-6-4-2;5-3(6)1-2-4(7)8;;/h2*1,3-8H2,2H3;1H,(H,5,6)(H,7,8);;. The molecule has 2 N–H and O–H groups in total. The molecule has 146 valence electrons. The molecule has 0 amide bonds.